The molecule has 0 aromatic carbocycles. The SMILES string of the molecule is CNCCN(CCN)C(=O)OC(C)(C)C. The average molecular weight is 217 g/mol. The molecule has 0 saturated carbocycles. The zero-order valence-corrected chi connectivity index (χ0v) is 10.2. The molecule has 0 heterocycles. The highest BCUT2D eigenvalue weighted by Crippen LogP contribution is 2.09. The van der Waals surface area contributed by atoms with Crippen molar-refractivity contribution in [2.45, 2.75) is 26.4 Å². The predicted molar refractivity (Wildman–Crippen MR) is 60.8 cm³/mol. The highest BCUT2D eigenvalue weighted by Gasteiger charge is 2.20. The van der Waals surface area contributed by atoms with E-state index in [9.17, 15) is 4.79 Å². The summed E-state index contributed by atoms with van der Waals surface area (Å²) in [6.07, 6.45) is -0.303. The first kappa shape index (κ1) is 14.2. The van der Waals surface area contributed by atoms with E-state index in [1.165, 1.54) is 0 Å². The number of rotatable bonds is 5. The van der Waals surface area contributed by atoms with Gasteiger partial charge in [-0.1, -0.05) is 0 Å². The standard InChI is InChI=1S/C10H23N3O2/c1-10(2,3)15-9(14)13(7-5-11)8-6-12-4/h12H,5-8,11H2,1-4H3. The molecule has 1 amide bonds. The lowest BCUT2D eigenvalue weighted by molar-refractivity contribution is 0.0258. The molecule has 15 heavy (non-hydrogen) atoms. The van der Waals surface area contributed by atoms with Gasteiger partial charge >= 0.3 is 6.09 Å². The van der Waals surface area contributed by atoms with Crippen molar-refractivity contribution in [3.05, 3.63) is 0 Å². The zero-order chi connectivity index (χ0) is 11.9. The molecule has 0 aromatic rings. The monoisotopic (exact) mass is 217 g/mol. The summed E-state index contributed by atoms with van der Waals surface area (Å²) < 4.78 is 5.25. The number of amides is 1. The van der Waals surface area contributed by atoms with Crippen LogP contribution in [0.5, 0.6) is 0 Å². The van der Waals surface area contributed by atoms with Crippen LogP contribution in [0, 0.1) is 0 Å². The molecule has 5 heteroatoms. The third-order valence-electron chi connectivity index (χ3n) is 1.68. The number of likely N-dealkylation sites (N-methyl/N-ethyl adjacent to an activating group) is 1. The van der Waals surface area contributed by atoms with Crippen LogP contribution in [0.2, 0.25) is 0 Å². The van der Waals surface area contributed by atoms with Gasteiger partial charge in [-0.05, 0) is 27.8 Å². The Hall–Kier alpha value is -0.810. The molecule has 5 nitrogen and oxygen atoms in total. The van der Waals surface area contributed by atoms with Crippen molar-refractivity contribution in [3.63, 3.8) is 0 Å². The van der Waals surface area contributed by atoms with Gasteiger partial charge in [-0.2, -0.15) is 0 Å². The minimum Gasteiger partial charge on any atom is -0.444 e. The lowest BCUT2D eigenvalue weighted by Gasteiger charge is -2.27. The molecular weight excluding hydrogens is 194 g/mol. The summed E-state index contributed by atoms with van der Waals surface area (Å²) in [6.45, 7) is 7.87. The van der Waals surface area contributed by atoms with Crippen molar-refractivity contribution in [2.75, 3.05) is 33.2 Å². The van der Waals surface area contributed by atoms with E-state index in [0.717, 1.165) is 6.54 Å². The molecule has 0 fully saturated rings. The number of nitrogens with two attached hydrogens (primary N) is 1. The van der Waals surface area contributed by atoms with Crippen LogP contribution in [0.1, 0.15) is 20.8 Å². The Labute approximate surface area is 91.9 Å². The number of carbonyl (C=O) groups is 1. The lowest BCUT2D eigenvalue weighted by atomic mass is 10.2. The molecule has 0 unspecified atom stereocenters. The van der Waals surface area contributed by atoms with E-state index in [2.05, 4.69) is 5.32 Å². The van der Waals surface area contributed by atoms with Gasteiger partial charge in [-0.3, -0.25) is 0 Å². The number of nitrogens with one attached hydrogen (secondary N) is 1. The number of carbonyl (C=O) groups excluding carboxylic acids is 1. The summed E-state index contributed by atoms with van der Waals surface area (Å²) in [6, 6.07) is 0. The van der Waals surface area contributed by atoms with Crippen molar-refractivity contribution in [3.8, 4) is 0 Å². The molecule has 0 rings (SSSR count). The van der Waals surface area contributed by atoms with Gasteiger partial charge in [0.1, 0.15) is 5.60 Å². The third-order valence-corrected chi connectivity index (χ3v) is 1.68. The highest BCUT2D eigenvalue weighted by molar-refractivity contribution is 5.68. The number of hydrogen-bond donors (Lipinski definition) is 2. The van der Waals surface area contributed by atoms with E-state index < -0.39 is 5.60 Å². The number of hydrogen-bond acceptors (Lipinski definition) is 4. The third kappa shape index (κ3) is 7.16. The van der Waals surface area contributed by atoms with Gasteiger partial charge in [0.2, 0.25) is 0 Å². The molecule has 0 radical (unpaired) electrons. The van der Waals surface area contributed by atoms with Gasteiger partial charge < -0.3 is 20.7 Å². The maximum Gasteiger partial charge on any atom is 0.410 e. The molecular formula is C10H23N3O2. The van der Waals surface area contributed by atoms with Crippen LogP contribution in [-0.4, -0.2) is 49.8 Å². The Morgan fingerprint density at radius 2 is 2.00 bits per heavy atom. The Morgan fingerprint density at radius 3 is 2.40 bits per heavy atom. The molecule has 0 saturated heterocycles. The van der Waals surface area contributed by atoms with Crippen molar-refractivity contribution in [1.29, 1.82) is 0 Å². The van der Waals surface area contributed by atoms with Crippen LogP contribution in [0.4, 0.5) is 4.79 Å². The number of nitrogens with zero attached hydrogens (tertiary/aromatic N) is 1. The number of ether oxygens (including phenoxy) is 1. The van der Waals surface area contributed by atoms with Gasteiger partial charge in [0.25, 0.3) is 0 Å². The fourth-order valence-corrected chi connectivity index (χ4v) is 1.02. The maximum atomic E-state index is 11.7. The first-order valence-corrected chi connectivity index (χ1v) is 5.23. The molecule has 0 aliphatic heterocycles. The Bertz CT molecular complexity index is 190. The zero-order valence-electron chi connectivity index (χ0n) is 10.2. The van der Waals surface area contributed by atoms with E-state index in [-0.39, 0.29) is 6.09 Å². The topological polar surface area (TPSA) is 67.6 Å². The van der Waals surface area contributed by atoms with E-state index in [1.54, 1.807) is 4.90 Å². The summed E-state index contributed by atoms with van der Waals surface area (Å²) in [5.74, 6) is 0. The van der Waals surface area contributed by atoms with Crippen LogP contribution in [0.15, 0.2) is 0 Å². The van der Waals surface area contributed by atoms with Crippen LogP contribution in [0.3, 0.4) is 0 Å². The quantitative estimate of drug-likeness (QED) is 0.699. The fraction of sp³-hybridized carbons (Fsp3) is 0.900. The normalized spacial score (nSPS) is 11.3. The van der Waals surface area contributed by atoms with Crippen molar-refractivity contribution >= 4 is 6.09 Å². The van der Waals surface area contributed by atoms with E-state index in [4.69, 9.17) is 10.5 Å². The van der Waals surface area contributed by atoms with Crippen molar-refractivity contribution < 1.29 is 9.53 Å². The van der Waals surface area contributed by atoms with Crippen molar-refractivity contribution in [2.24, 2.45) is 5.73 Å². The summed E-state index contributed by atoms with van der Waals surface area (Å²) in [5, 5.41) is 2.98. The van der Waals surface area contributed by atoms with Gasteiger partial charge in [0.05, 0.1) is 0 Å². The van der Waals surface area contributed by atoms with Crippen LogP contribution < -0.4 is 11.1 Å². The Balaban J connectivity index is 4.15. The van der Waals surface area contributed by atoms with Gasteiger partial charge in [-0.25, -0.2) is 4.79 Å². The van der Waals surface area contributed by atoms with Crippen LogP contribution >= 0.6 is 0 Å². The minimum atomic E-state index is -0.455. The molecule has 90 valence electrons. The minimum absolute atomic E-state index is 0.303. The first-order valence-electron chi connectivity index (χ1n) is 5.23. The van der Waals surface area contributed by atoms with Gasteiger partial charge in [-0.15, -0.1) is 0 Å². The van der Waals surface area contributed by atoms with Crippen molar-refractivity contribution in [1.82, 2.24) is 10.2 Å². The second-order valence-corrected chi connectivity index (χ2v) is 4.36. The average Bonchev–Trinajstić information content (AvgIpc) is 2.09. The largest absolute Gasteiger partial charge is 0.444 e. The molecule has 0 atom stereocenters. The van der Waals surface area contributed by atoms with Crippen LogP contribution in [0.25, 0.3) is 0 Å². The maximum absolute atomic E-state index is 11.7. The molecule has 0 aromatic heterocycles. The first-order chi connectivity index (χ1) is 6.90. The fourth-order valence-electron chi connectivity index (χ4n) is 1.02. The van der Waals surface area contributed by atoms with Gasteiger partial charge in [0, 0.05) is 26.2 Å². The summed E-state index contributed by atoms with van der Waals surface area (Å²) in [5.41, 5.74) is 4.98. The summed E-state index contributed by atoms with van der Waals surface area (Å²) >= 11 is 0. The smallest absolute Gasteiger partial charge is 0.410 e. The molecule has 0 aliphatic carbocycles. The molecule has 0 spiro atoms. The Morgan fingerprint density at radius 1 is 1.40 bits per heavy atom. The van der Waals surface area contributed by atoms with Crippen LogP contribution in [-0.2, 0) is 4.74 Å². The molecule has 0 bridgehead atoms. The molecule has 3 N–H and O–H groups in total. The highest BCUT2D eigenvalue weighted by atomic mass is 16.6. The van der Waals surface area contributed by atoms with Gasteiger partial charge in [0.15, 0.2) is 0 Å². The second-order valence-electron chi connectivity index (χ2n) is 4.36. The lowest BCUT2D eigenvalue weighted by Crippen LogP contribution is -2.42. The second kappa shape index (κ2) is 6.63. The van der Waals surface area contributed by atoms with E-state index in [1.807, 2.05) is 27.8 Å². The molecule has 0 aliphatic rings. The predicted octanol–water partition coefficient (Wildman–Crippen LogP) is 0.402. The summed E-state index contributed by atoms with van der Waals surface area (Å²) in [4.78, 5) is 13.3. The van der Waals surface area contributed by atoms with E-state index >= 15 is 0 Å². The van der Waals surface area contributed by atoms with E-state index in [0.29, 0.717) is 19.6 Å². The summed E-state index contributed by atoms with van der Waals surface area (Å²) in [7, 11) is 1.84. The Kier molecular flexibility index (Phi) is 6.27.